The Balaban J connectivity index is 2.36. The van der Waals surface area contributed by atoms with Crippen LogP contribution < -0.4 is 4.31 Å². The van der Waals surface area contributed by atoms with Crippen molar-refractivity contribution in [3.05, 3.63) is 18.2 Å². The molecule has 1 aliphatic heterocycles. The number of hydrogen-bond acceptors (Lipinski definition) is 6. The standard InChI is InChI=1S/C15H22N4O4S/c1-4-14(20)19(24(3,22)23)13-8-16-10-17-12(13)9-18-6-5-11(2)7-15(18)21/h8,10-11H,4-7,9H2,1-3H3. The molecule has 132 valence electrons. The van der Waals surface area contributed by atoms with Gasteiger partial charge in [-0.25, -0.2) is 22.7 Å². The van der Waals surface area contributed by atoms with Gasteiger partial charge < -0.3 is 4.90 Å². The van der Waals surface area contributed by atoms with E-state index in [0.29, 0.717) is 24.6 Å². The van der Waals surface area contributed by atoms with E-state index in [0.717, 1.165) is 17.0 Å². The lowest BCUT2D eigenvalue weighted by molar-refractivity contribution is -0.135. The molecule has 1 aromatic rings. The summed E-state index contributed by atoms with van der Waals surface area (Å²) in [5.41, 5.74) is 0.457. The summed E-state index contributed by atoms with van der Waals surface area (Å²) >= 11 is 0. The highest BCUT2D eigenvalue weighted by Crippen LogP contribution is 2.25. The number of piperidine rings is 1. The Morgan fingerprint density at radius 3 is 2.75 bits per heavy atom. The number of likely N-dealkylation sites (tertiary alicyclic amines) is 1. The molecule has 0 aliphatic carbocycles. The molecular weight excluding hydrogens is 332 g/mol. The van der Waals surface area contributed by atoms with Gasteiger partial charge in [-0.1, -0.05) is 13.8 Å². The smallest absolute Gasteiger partial charge is 0.240 e. The topological polar surface area (TPSA) is 101 Å². The Bertz CT molecular complexity index is 735. The Morgan fingerprint density at radius 2 is 2.17 bits per heavy atom. The summed E-state index contributed by atoms with van der Waals surface area (Å²) in [6.45, 7) is 4.35. The first-order valence-corrected chi connectivity index (χ1v) is 9.68. The lowest BCUT2D eigenvalue weighted by Gasteiger charge is -2.31. The van der Waals surface area contributed by atoms with Crippen LogP contribution in [0.4, 0.5) is 5.69 Å². The summed E-state index contributed by atoms with van der Waals surface area (Å²) in [6, 6.07) is 0. The van der Waals surface area contributed by atoms with E-state index in [1.54, 1.807) is 11.8 Å². The molecule has 0 radical (unpaired) electrons. The van der Waals surface area contributed by atoms with Crippen LogP contribution in [0, 0.1) is 5.92 Å². The van der Waals surface area contributed by atoms with Crippen LogP contribution in [0.3, 0.4) is 0 Å². The van der Waals surface area contributed by atoms with Gasteiger partial charge in [0.1, 0.15) is 12.0 Å². The maximum Gasteiger partial charge on any atom is 0.240 e. The quantitative estimate of drug-likeness (QED) is 0.780. The lowest BCUT2D eigenvalue weighted by Crippen LogP contribution is -2.40. The van der Waals surface area contributed by atoms with E-state index in [-0.39, 0.29) is 24.6 Å². The van der Waals surface area contributed by atoms with Gasteiger partial charge in [-0.2, -0.15) is 0 Å². The minimum Gasteiger partial charge on any atom is -0.337 e. The fraction of sp³-hybridized carbons (Fsp3) is 0.600. The molecule has 2 heterocycles. The second-order valence-corrected chi connectivity index (χ2v) is 7.87. The number of carbonyl (C=O) groups excluding carboxylic acids is 2. The van der Waals surface area contributed by atoms with Crippen molar-refractivity contribution < 1.29 is 18.0 Å². The summed E-state index contributed by atoms with van der Waals surface area (Å²) < 4.78 is 24.8. The molecule has 0 N–H and O–H groups in total. The number of nitrogens with zero attached hydrogens (tertiary/aromatic N) is 4. The normalized spacial score (nSPS) is 18.5. The maximum atomic E-state index is 12.2. The molecule has 24 heavy (non-hydrogen) atoms. The summed E-state index contributed by atoms with van der Waals surface area (Å²) in [4.78, 5) is 33.9. The van der Waals surface area contributed by atoms with Crippen molar-refractivity contribution in [2.75, 3.05) is 17.1 Å². The molecule has 0 spiro atoms. The maximum absolute atomic E-state index is 12.2. The zero-order valence-corrected chi connectivity index (χ0v) is 14.9. The van der Waals surface area contributed by atoms with Crippen LogP contribution in [0.25, 0.3) is 0 Å². The first-order valence-electron chi connectivity index (χ1n) is 7.83. The van der Waals surface area contributed by atoms with Gasteiger partial charge in [0.05, 0.1) is 24.7 Å². The molecule has 1 fully saturated rings. The number of amides is 2. The van der Waals surface area contributed by atoms with E-state index in [1.165, 1.54) is 12.5 Å². The van der Waals surface area contributed by atoms with Gasteiger partial charge in [-0.15, -0.1) is 0 Å². The first-order chi connectivity index (χ1) is 11.2. The molecule has 1 unspecified atom stereocenters. The second-order valence-electron chi connectivity index (χ2n) is 6.04. The fourth-order valence-corrected chi connectivity index (χ4v) is 3.67. The second kappa shape index (κ2) is 7.25. The highest BCUT2D eigenvalue weighted by atomic mass is 32.2. The van der Waals surface area contributed by atoms with Crippen LogP contribution in [0.15, 0.2) is 12.5 Å². The third-order valence-electron chi connectivity index (χ3n) is 3.96. The SMILES string of the molecule is CCC(=O)N(c1cncnc1CN1CCC(C)CC1=O)S(C)(=O)=O. The minimum atomic E-state index is -3.81. The number of rotatable bonds is 5. The van der Waals surface area contributed by atoms with Crippen molar-refractivity contribution in [2.24, 2.45) is 5.92 Å². The zero-order chi connectivity index (χ0) is 17.9. The number of carbonyl (C=O) groups is 2. The van der Waals surface area contributed by atoms with Gasteiger partial charge in [-0.3, -0.25) is 9.59 Å². The van der Waals surface area contributed by atoms with Crippen molar-refractivity contribution in [1.82, 2.24) is 14.9 Å². The van der Waals surface area contributed by atoms with Crippen molar-refractivity contribution in [3.63, 3.8) is 0 Å². The molecular formula is C15H22N4O4S. The van der Waals surface area contributed by atoms with Gasteiger partial charge in [0.2, 0.25) is 21.8 Å². The monoisotopic (exact) mass is 354 g/mol. The number of sulfonamides is 1. The Kier molecular flexibility index (Phi) is 5.53. The van der Waals surface area contributed by atoms with E-state index >= 15 is 0 Å². The third-order valence-corrected chi connectivity index (χ3v) is 5.02. The van der Waals surface area contributed by atoms with Crippen LogP contribution in [0.2, 0.25) is 0 Å². The molecule has 1 saturated heterocycles. The summed E-state index contributed by atoms with van der Waals surface area (Å²) in [6.07, 6.45) is 4.92. The first kappa shape index (κ1) is 18.3. The van der Waals surface area contributed by atoms with E-state index in [1.807, 2.05) is 6.92 Å². The van der Waals surface area contributed by atoms with Crippen LogP contribution >= 0.6 is 0 Å². The molecule has 1 aromatic heterocycles. The van der Waals surface area contributed by atoms with Gasteiger partial charge >= 0.3 is 0 Å². The van der Waals surface area contributed by atoms with Gasteiger partial charge in [-0.05, 0) is 12.3 Å². The average molecular weight is 354 g/mol. The largest absolute Gasteiger partial charge is 0.337 e. The number of hydrogen-bond donors (Lipinski definition) is 0. The van der Waals surface area contributed by atoms with E-state index in [2.05, 4.69) is 9.97 Å². The lowest BCUT2D eigenvalue weighted by atomic mass is 9.98. The Morgan fingerprint density at radius 1 is 1.46 bits per heavy atom. The van der Waals surface area contributed by atoms with Gasteiger partial charge in [0.15, 0.2) is 0 Å². The van der Waals surface area contributed by atoms with Crippen molar-refractivity contribution >= 4 is 27.5 Å². The molecule has 0 bridgehead atoms. The van der Waals surface area contributed by atoms with Gasteiger partial charge in [0.25, 0.3) is 0 Å². The van der Waals surface area contributed by atoms with E-state index < -0.39 is 15.9 Å². The Hall–Kier alpha value is -2.03. The predicted octanol–water partition coefficient (Wildman–Crippen LogP) is 0.938. The molecule has 2 amide bonds. The fourth-order valence-electron chi connectivity index (χ4n) is 2.66. The predicted molar refractivity (Wildman–Crippen MR) is 88.5 cm³/mol. The summed E-state index contributed by atoms with van der Waals surface area (Å²) in [5, 5.41) is 0. The molecule has 0 aromatic carbocycles. The van der Waals surface area contributed by atoms with Crippen LogP contribution in [0.1, 0.15) is 38.8 Å². The molecule has 1 atom stereocenters. The average Bonchev–Trinajstić information content (AvgIpc) is 2.50. The number of anilines is 1. The van der Waals surface area contributed by atoms with Gasteiger partial charge in [0, 0.05) is 19.4 Å². The minimum absolute atomic E-state index is 0.00559. The van der Waals surface area contributed by atoms with Crippen molar-refractivity contribution in [2.45, 2.75) is 39.7 Å². The van der Waals surface area contributed by atoms with E-state index in [9.17, 15) is 18.0 Å². The molecule has 2 rings (SSSR count). The summed E-state index contributed by atoms with van der Waals surface area (Å²) in [7, 11) is -3.81. The van der Waals surface area contributed by atoms with Crippen LogP contribution in [-0.2, 0) is 26.2 Å². The van der Waals surface area contributed by atoms with Crippen LogP contribution in [-0.4, -0.2) is 47.9 Å². The third kappa shape index (κ3) is 4.08. The molecule has 0 saturated carbocycles. The highest BCUT2D eigenvalue weighted by Gasteiger charge is 2.29. The van der Waals surface area contributed by atoms with Crippen molar-refractivity contribution in [1.29, 1.82) is 0 Å². The Labute approximate surface area is 141 Å². The van der Waals surface area contributed by atoms with E-state index in [4.69, 9.17) is 0 Å². The summed E-state index contributed by atoms with van der Waals surface area (Å²) in [5.74, 6) is -0.217. The molecule has 9 heteroatoms. The van der Waals surface area contributed by atoms with Crippen molar-refractivity contribution in [3.8, 4) is 0 Å². The molecule has 8 nitrogen and oxygen atoms in total. The molecule has 1 aliphatic rings. The van der Waals surface area contributed by atoms with Crippen LogP contribution in [0.5, 0.6) is 0 Å². The number of aromatic nitrogens is 2. The highest BCUT2D eigenvalue weighted by molar-refractivity contribution is 7.92. The zero-order valence-electron chi connectivity index (χ0n) is 14.1.